The third kappa shape index (κ3) is 2.36. The summed E-state index contributed by atoms with van der Waals surface area (Å²) in [4.78, 5) is 11.8. The Bertz CT molecular complexity index is 244. The summed E-state index contributed by atoms with van der Waals surface area (Å²) in [7, 11) is 0. The maximum absolute atomic E-state index is 11.8. The predicted octanol–water partition coefficient (Wildman–Crippen LogP) is 1.60. The number of nitrogens with one attached hydrogen (secondary N) is 1. The minimum absolute atomic E-state index is 0.203. The van der Waals surface area contributed by atoms with E-state index < -0.39 is 0 Å². The van der Waals surface area contributed by atoms with Gasteiger partial charge in [0, 0.05) is 5.41 Å². The van der Waals surface area contributed by atoms with Crippen LogP contribution in [-0.2, 0) is 4.79 Å². The lowest BCUT2D eigenvalue weighted by Crippen LogP contribution is -2.42. The average Bonchev–Trinajstić information content (AvgIpc) is 2.19. The summed E-state index contributed by atoms with van der Waals surface area (Å²) in [6.07, 6.45) is 7.74. The summed E-state index contributed by atoms with van der Waals surface area (Å²) in [5.74, 6) is 3.09. The van der Waals surface area contributed by atoms with Crippen LogP contribution < -0.4 is 5.32 Å². The summed E-state index contributed by atoms with van der Waals surface area (Å²) in [5.41, 5.74) is -0.264. The molecule has 78 valence electrons. The number of piperidine rings is 1. The molecule has 0 spiro atoms. The molecule has 1 rings (SSSR count). The minimum atomic E-state index is -0.264. The Hall–Kier alpha value is -0.810. The highest BCUT2D eigenvalue weighted by Crippen LogP contribution is 2.33. The first kappa shape index (κ1) is 11.3. The Morgan fingerprint density at radius 2 is 2.36 bits per heavy atom. The molecule has 0 radical (unpaired) electrons. The fourth-order valence-corrected chi connectivity index (χ4v) is 2.02. The molecule has 1 fully saturated rings. The number of Topliss-reactive ketones (excluding diaryl/α,β-unsaturated/α-hetero) is 1. The first-order valence-electron chi connectivity index (χ1n) is 5.26. The van der Waals surface area contributed by atoms with Crippen LogP contribution in [-0.4, -0.2) is 18.9 Å². The van der Waals surface area contributed by atoms with Gasteiger partial charge < -0.3 is 5.32 Å². The Morgan fingerprint density at radius 1 is 1.64 bits per heavy atom. The summed E-state index contributed by atoms with van der Waals surface area (Å²) in [5, 5.41) is 3.33. The van der Waals surface area contributed by atoms with E-state index in [1.54, 1.807) is 0 Å². The summed E-state index contributed by atoms with van der Waals surface area (Å²) >= 11 is 0. The molecule has 0 aromatic carbocycles. The standard InChI is InChI=1S/C12H19NO/c1-4-6-11(14)12(2,3)10-7-5-8-13-9-10/h1,10,13H,5-9H2,2-3H3. The van der Waals surface area contributed by atoms with Crippen molar-refractivity contribution >= 4 is 5.78 Å². The highest BCUT2D eigenvalue weighted by atomic mass is 16.1. The molecule has 14 heavy (non-hydrogen) atoms. The number of ketones is 1. The SMILES string of the molecule is C#CCC(=O)C(C)(C)C1CCCNC1. The van der Waals surface area contributed by atoms with Gasteiger partial charge in [-0.2, -0.15) is 0 Å². The van der Waals surface area contributed by atoms with Gasteiger partial charge in [0.1, 0.15) is 0 Å². The lowest BCUT2D eigenvalue weighted by atomic mass is 9.71. The summed E-state index contributed by atoms with van der Waals surface area (Å²) in [6, 6.07) is 0. The highest BCUT2D eigenvalue weighted by molar-refractivity contribution is 5.86. The molecule has 0 aromatic heterocycles. The van der Waals surface area contributed by atoms with Gasteiger partial charge in [0.15, 0.2) is 5.78 Å². The molecule has 1 heterocycles. The van der Waals surface area contributed by atoms with Crippen molar-refractivity contribution in [2.75, 3.05) is 13.1 Å². The van der Waals surface area contributed by atoms with E-state index in [2.05, 4.69) is 11.2 Å². The number of hydrogen-bond acceptors (Lipinski definition) is 2. The van der Waals surface area contributed by atoms with E-state index >= 15 is 0 Å². The molecule has 0 amide bonds. The van der Waals surface area contributed by atoms with Gasteiger partial charge in [0.25, 0.3) is 0 Å². The molecule has 1 saturated heterocycles. The normalized spacial score (nSPS) is 22.8. The van der Waals surface area contributed by atoms with Crippen LogP contribution >= 0.6 is 0 Å². The first-order valence-corrected chi connectivity index (χ1v) is 5.26. The van der Waals surface area contributed by atoms with Gasteiger partial charge in [-0.05, 0) is 31.8 Å². The van der Waals surface area contributed by atoms with E-state index in [0.29, 0.717) is 5.92 Å². The van der Waals surface area contributed by atoms with E-state index in [1.807, 2.05) is 13.8 Å². The molecule has 0 bridgehead atoms. The van der Waals surface area contributed by atoms with Crippen LogP contribution in [0, 0.1) is 23.7 Å². The fraction of sp³-hybridized carbons (Fsp3) is 0.750. The van der Waals surface area contributed by atoms with Crippen molar-refractivity contribution in [3.05, 3.63) is 0 Å². The van der Waals surface area contributed by atoms with Crippen LogP contribution in [0.4, 0.5) is 0 Å². The van der Waals surface area contributed by atoms with Crippen molar-refractivity contribution in [2.24, 2.45) is 11.3 Å². The van der Waals surface area contributed by atoms with Gasteiger partial charge in [-0.1, -0.05) is 19.8 Å². The van der Waals surface area contributed by atoms with Gasteiger partial charge in [-0.25, -0.2) is 0 Å². The molecule has 2 heteroatoms. The second kappa shape index (κ2) is 4.61. The van der Waals surface area contributed by atoms with Crippen molar-refractivity contribution in [3.8, 4) is 12.3 Å². The first-order chi connectivity index (χ1) is 6.59. The molecule has 1 N–H and O–H groups in total. The van der Waals surface area contributed by atoms with Crippen LogP contribution in [0.3, 0.4) is 0 Å². The van der Waals surface area contributed by atoms with Crippen LogP contribution in [0.25, 0.3) is 0 Å². The second-order valence-corrected chi connectivity index (χ2v) is 4.57. The van der Waals surface area contributed by atoms with E-state index in [4.69, 9.17) is 6.42 Å². The van der Waals surface area contributed by atoms with Crippen molar-refractivity contribution in [2.45, 2.75) is 33.1 Å². The van der Waals surface area contributed by atoms with Crippen LogP contribution in [0.2, 0.25) is 0 Å². The molecule has 1 aliphatic rings. The fourth-order valence-electron chi connectivity index (χ4n) is 2.02. The number of carbonyl (C=O) groups is 1. The van der Waals surface area contributed by atoms with Gasteiger partial charge >= 0.3 is 0 Å². The van der Waals surface area contributed by atoms with Gasteiger partial charge in [-0.3, -0.25) is 4.79 Å². The largest absolute Gasteiger partial charge is 0.316 e. The second-order valence-electron chi connectivity index (χ2n) is 4.57. The third-order valence-electron chi connectivity index (χ3n) is 3.30. The maximum atomic E-state index is 11.8. The number of rotatable bonds is 3. The molecule has 0 saturated carbocycles. The van der Waals surface area contributed by atoms with Crippen LogP contribution in [0.1, 0.15) is 33.1 Å². The molecule has 2 nitrogen and oxygen atoms in total. The molecule has 0 aromatic rings. The third-order valence-corrected chi connectivity index (χ3v) is 3.30. The molecular formula is C12H19NO. The number of hydrogen-bond donors (Lipinski definition) is 1. The lowest BCUT2D eigenvalue weighted by molar-refractivity contribution is -0.129. The van der Waals surface area contributed by atoms with Crippen LogP contribution in [0.15, 0.2) is 0 Å². The molecule has 0 aliphatic carbocycles. The van der Waals surface area contributed by atoms with E-state index in [9.17, 15) is 4.79 Å². The quantitative estimate of drug-likeness (QED) is 0.690. The predicted molar refractivity (Wildman–Crippen MR) is 57.8 cm³/mol. The van der Waals surface area contributed by atoms with E-state index in [1.165, 1.54) is 0 Å². The van der Waals surface area contributed by atoms with Crippen molar-refractivity contribution < 1.29 is 4.79 Å². The average molecular weight is 193 g/mol. The molecule has 1 unspecified atom stereocenters. The Kier molecular flexibility index (Phi) is 3.71. The zero-order valence-electron chi connectivity index (χ0n) is 9.10. The van der Waals surface area contributed by atoms with Crippen molar-refractivity contribution in [1.29, 1.82) is 0 Å². The Balaban J connectivity index is 2.62. The van der Waals surface area contributed by atoms with Gasteiger partial charge in [0.05, 0.1) is 6.42 Å². The highest BCUT2D eigenvalue weighted by Gasteiger charge is 2.36. The Labute approximate surface area is 86.5 Å². The number of carbonyl (C=O) groups excluding carboxylic acids is 1. The minimum Gasteiger partial charge on any atom is -0.316 e. The summed E-state index contributed by atoms with van der Waals surface area (Å²) < 4.78 is 0. The zero-order valence-corrected chi connectivity index (χ0v) is 9.10. The maximum Gasteiger partial charge on any atom is 0.150 e. The Morgan fingerprint density at radius 3 is 2.86 bits per heavy atom. The molecule has 1 atom stereocenters. The monoisotopic (exact) mass is 193 g/mol. The van der Waals surface area contributed by atoms with Gasteiger partial charge in [-0.15, -0.1) is 6.42 Å². The van der Waals surface area contributed by atoms with Gasteiger partial charge in [0.2, 0.25) is 0 Å². The lowest BCUT2D eigenvalue weighted by Gasteiger charge is -2.35. The van der Waals surface area contributed by atoms with E-state index in [-0.39, 0.29) is 17.6 Å². The van der Waals surface area contributed by atoms with Crippen LogP contribution in [0.5, 0.6) is 0 Å². The molecular weight excluding hydrogens is 174 g/mol. The van der Waals surface area contributed by atoms with E-state index in [0.717, 1.165) is 25.9 Å². The number of terminal acetylenes is 1. The molecule has 1 aliphatic heterocycles. The summed E-state index contributed by atoms with van der Waals surface area (Å²) in [6.45, 7) is 6.06. The zero-order chi connectivity index (χ0) is 10.6. The van der Waals surface area contributed by atoms with Crippen molar-refractivity contribution in [1.82, 2.24) is 5.32 Å². The van der Waals surface area contributed by atoms with Crippen molar-refractivity contribution in [3.63, 3.8) is 0 Å². The smallest absolute Gasteiger partial charge is 0.150 e. The topological polar surface area (TPSA) is 29.1 Å².